The molecule has 1 aliphatic carbocycles. The third kappa shape index (κ3) is 5.25. The molecule has 2 aliphatic rings. The lowest BCUT2D eigenvalue weighted by Gasteiger charge is -2.41. The second-order valence-electron chi connectivity index (χ2n) is 7.81. The molecule has 2 amide bonds. The number of alkyl carbamates (subject to hydrolysis) is 1. The molecule has 1 saturated heterocycles. The zero-order valence-electron chi connectivity index (χ0n) is 16.0. The van der Waals surface area contributed by atoms with Crippen LogP contribution in [0.3, 0.4) is 0 Å². The van der Waals surface area contributed by atoms with Crippen LogP contribution in [0.4, 0.5) is 4.79 Å². The fourth-order valence-electron chi connectivity index (χ4n) is 4.12. The van der Waals surface area contributed by atoms with Crippen molar-refractivity contribution in [3.63, 3.8) is 0 Å². The predicted octanol–water partition coefficient (Wildman–Crippen LogP) is 3.33. The fraction of sp³-hybridized carbons (Fsp3) is 0.619. The maximum absolute atomic E-state index is 11.8. The van der Waals surface area contributed by atoms with Gasteiger partial charge in [-0.25, -0.2) is 4.79 Å². The summed E-state index contributed by atoms with van der Waals surface area (Å²) in [5, 5.41) is 13.3. The number of hydrogen-bond donors (Lipinski definition) is 2. The van der Waals surface area contributed by atoms with Gasteiger partial charge < -0.3 is 14.6 Å². The SMILES string of the molecule is O=C(CCl)NC(=O)O[C@H]1CC[C@]2(CO2)[C@](O)(CCCCCc2ccccc2)C1. The van der Waals surface area contributed by atoms with Crippen molar-refractivity contribution < 1.29 is 24.2 Å². The Bertz CT molecular complexity index is 679. The molecule has 1 aromatic carbocycles. The Morgan fingerprint density at radius 3 is 2.68 bits per heavy atom. The maximum atomic E-state index is 11.8. The normalized spacial score (nSPS) is 28.7. The van der Waals surface area contributed by atoms with E-state index in [1.54, 1.807) is 0 Å². The first kappa shape index (κ1) is 21.1. The monoisotopic (exact) mass is 409 g/mol. The molecule has 0 bridgehead atoms. The molecule has 3 atom stereocenters. The predicted molar refractivity (Wildman–Crippen MR) is 105 cm³/mol. The van der Waals surface area contributed by atoms with Gasteiger partial charge in [-0.3, -0.25) is 10.1 Å². The minimum atomic E-state index is -1.00. The summed E-state index contributed by atoms with van der Waals surface area (Å²) in [4.78, 5) is 23.0. The Labute approximate surface area is 170 Å². The molecule has 0 aromatic heterocycles. The first-order chi connectivity index (χ1) is 13.5. The highest BCUT2D eigenvalue weighted by atomic mass is 35.5. The molecule has 2 N–H and O–H groups in total. The van der Waals surface area contributed by atoms with Crippen LogP contribution >= 0.6 is 11.6 Å². The minimum absolute atomic E-state index is 0.302. The molecule has 7 heteroatoms. The topological polar surface area (TPSA) is 88.2 Å². The van der Waals surface area contributed by atoms with E-state index in [1.807, 2.05) is 18.2 Å². The number of aryl methyl sites for hydroxylation is 1. The minimum Gasteiger partial charge on any atom is -0.446 e. The largest absolute Gasteiger partial charge is 0.446 e. The third-order valence-electron chi connectivity index (χ3n) is 5.81. The van der Waals surface area contributed by atoms with Gasteiger partial charge in [-0.05, 0) is 37.7 Å². The highest BCUT2D eigenvalue weighted by Gasteiger charge is 2.63. The van der Waals surface area contributed by atoms with Gasteiger partial charge in [-0.1, -0.05) is 43.2 Å². The highest BCUT2D eigenvalue weighted by molar-refractivity contribution is 6.28. The molecule has 3 rings (SSSR count). The number of benzene rings is 1. The van der Waals surface area contributed by atoms with Crippen molar-refractivity contribution >= 4 is 23.6 Å². The average molecular weight is 410 g/mol. The summed E-state index contributed by atoms with van der Waals surface area (Å²) in [5.74, 6) is -0.901. The summed E-state index contributed by atoms with van der Waals surface area (Å²) >= 11 is 5.38. The number of epoxide rings is 1. The molecule has 1 spiro atoms. The lowest BCUT2D eigenvalue weighted by molar-refractivity contribution is -0.119. The van der Waals surface area contributed by atoms with Gasteiger partial charge in [-0.2, -0.15) is 0 Å². The molecule has 2 fully saturated rings. The van der Waals surface area contributed by atoms with E-state index < -0.39 is 29.3 Å². The van der Waals surface area contributed by atoms with Crippen LogP contribution in [0.25, 0.3) is 0 Å². The zero-order valence-corrected chi connectivity index (χ0v) is 16.7. The number of carbonyl (C=O) groups is 2. The Kier molecular flexibility index (Phi) is 6.96. The zero-order chi connectivity index (χ0) is 20.0. The lowest BCUT2D eigenvalue weighted by atomic mass is 9.71. The Hall–Kier alpha value is -1.63. The van der Waals surface area contributed by atoms with Crippen molar-refractivity contribution in [1.82, 2.24) is 5.32 Å². The summed E-state index contributed by atoms with van der Waals surface area (Å²) < 4.78 is 11.0. The Balaban J connectivity index is 1.45. The molecule has 1 aliphatic heterocycles. The van der Waals surface area contributed by atoms with E-state index in [1.165, 1.54) is 5.56 Å². The number of imide groups is 1. The number of unbranched alkanes of at least 4 members (excludes halogenated alkanes) is 2. The van der Waals surface area contributed by atoms with E-state index >= 15 is 0 Å². The molecule has 0 unspecified atom stereocenters. The summed E-state index contributed by atoms with van der Waals surface area (Å²) in [5.41, 5.74) is -0.166. The average Bonchev–Trinajstić information content (AvgIpc) is 3.47. The van der Waals surface area contributed by atoms with Crippen LogP contribution in [-0.4, -0.2) is 46.9 Å². The first-order valence-corrected chi connectivity index (χ1v) is 10.5. The van der Waals surface area contributed by atoms with Gasteiger partial charge in [0.05, 0.1) is 12.2 Å². The fourth-order valence-corrected chi connectivity index (χ4v) is 4.19. The van der Waals surface area contributed by atoms with Gasteiger partial charge in [0.1, 0.15) is 17.6 Å². The molecule has 1 aromatic rings. The van der Waals surface area contributed by atoms with E-state index in [0.717, 1.165) is 25.7 Å². The number of halogens is 1. The number of carbonyl (C=O) groups excluding carboxylic acids is 2. The highest BCUT2D eigenvalue weighted by Crippen LogP contribution is 2.51. The molecule has 0 radical (unpaired) electrons. The van der Waals surface area contributed by atoms with E-state index in [2.05, 4.69) is 17.4 Å². The van der Waals surface area contributed by atoms with Crippen molar-refractivity contribution in [2.75, 3.05) is 12.5 Å². The first-order valence-electron chi connectivity index (χ1n) is 9.93. The van der Waals surface area contributed by atoms with Gasteiger partial charge in [0.15, 0.2) is 0 Å². The van der Waals surface area contributed by atoms with Crippen LogP contribution in [0.15, 0.2) is 30.3 Å². The van der Waals surface area contributed by atoms with Crippen molar-refractivity contribution in [2.45, 2.75) is 68.7 Å². The van der Waals surface area contributed by atoms with Crippen LogP contribution in [0.2, 0.25) is 0 Å². The van der Waals surface area contributed by atoms with Crippen molar-refractivity contribution in [2.24, 2.45) is 0 Å². The Morgan fingerprint density at radius 1 is 1.25 bits per heavy atom. The molecular formula is C21H28ClNO5. The molecular weight excluding hydrogens is 382 g/mol. The van der Waals surface area contributed by atoms with E-state index in [4.69, 9.17) is 21.1 Å². The standard InChI is InChI=1S/C21H28ClNO5/c22-14-18(24)23-19(25)28-17-10-12-21(15-27-21)20(26,13-17)11-6-2-5-9-16-7-3-1-4-8-16/h1,3-4,7-8,17,26H,2,5-6,9-15H2,(H,23,24,25)/t17-,20-,21-/m0/s1. The van der Waals surface area contributed by atoms with Crippen LogP contribution in [0.5, 0.6) is 0 Å². The number of rotatable bonds is 8. The van der Waals surface area contributed by atoms with Gasteiger partial charge in [0.2, 0.25) is 5.91 Å². The summed E-state index contributed by atoms with van der Waals surface area (Å²) in [7, 11) is 0. The maximum Gasteiger partial charge on any atom is 0.414 e. The van der Waals surface area contributed by atoms with Crippen LogP contribution in [0.1, 0.15) is 50.5 Å². The number of aliphatic hydroxyl groups is 1. The van der Waals surface area contributed by atoms with Gasteiger partial charge in [0, 0.05) is 6.42 Å². The number of nitrogens with one attached hydrogen (secondary N) is 1. The number of alkyl halides is 1. The second kappa shape index (κ2) is 9.25. The number of hydrogen-bond acceptors (Lipinski definition) is 5. The van der Waals surface area contributed by atoms with Gasteiger partial charge >= 0.3 is 6.09 Å². The molecule has 1 heterocycles. The summed E-state index contributed by atoms with van der Waals surface area (Å²) in [6.07, 6.45) is 4.95. The Morgan fingerprint density at radius 2 is 2.00 bits per heavy atom. The summed E-state index contributed by atoms with van der Waals surface area (Å²) in [6.45, 7) is 0.553. The van der Waals surface area contributed by atoms with Gasteiger partial charge in [0.25, 0.3) is 0 Å². The van der Waals surface area contributed by atoms with Crippen LogP contribution < -0.4 is 5.32 Å². The lowest BCUT2D eigenvalue weighted by Crippen LogP contribution is -2.53. The third-order valence-corrected chi connectivity index (χ3v) is 6.05. The second-order valence-corrected chi connectivity index (χ2v) is 8.08. The van der Waals surface area contributed by atoms with Crippen molar-refractivity contribution in [1.29, 1.82) is 0 Å². The molecule has 28 heavy (non-hydrogen) atoms. The van der Waals surface area contributed by atoms with Gasteiger partial charge in [-0.15, -0.1) is 11.6 Å². The van der Waals surface area contributed by atoms with Crippen molar-refractivity contribution in [3.05, 3.63) is 35.9 Å². The quantitative estimate of drug-likeness (QED) is 0.390. The molecule has 154 valence electrons. The smallest absolute Gasteiger partial charge is 0.414 e. The molecule has 1 saturated carbocycles. The summed E-state index contributed by atoms with van der Waals surface area (Å²) in [6, 6.07) is 10.4. The van der Waals surface area contributed by atoms with E-state index in [-0.39, 0.29) is 5.88 Å². The van der Waals surface area contributed by atoms with Crippen LogP contribution in [0, 0.1) is 0 Å². The van der Waals surface area contributed by atoms with Crippen LogP contribution in [-0.2, 0) is 20.7 Å². The molecule has 6 nitrogen and oxygen atoms in total. The number of amides is 2. The number of ether oxygens (including phenoxy) is 2. The van der Waals surface area contributed by atoms with E-state index in [9.17, 15) is 14.7 Å². The van der Waals surface area contributed by atoms with Crippen molar-refractivity contribution in [3.8, 4) is 0 Å². The van der Waals surface area contributed by atoms with E-state index in [0.29, 0.717) is 32.3 Å².